The molecule has 0 atom stereocenters. The highest BCUT2D eigenvalue weighted by molar-refractivity contribution is 7.99. The number of anilines is 1. The molecule has 150 valence electrons. The highest BCUT2D eigenvalue weighted by Gasteiger charge is 2.16. The van der Waals surface area contributed by atoms with Crippen molar-refractivity contribution in [3.8, 4) is 17.2 Å². The van der Waals surface area contributed by atoms with E-state index in [2.05, 4.69) is 15.5 Å². The number of ether oxygens (including phenoxy) is 2. The Kier molecular flexibility index (Phi) is 6.73. The van der Waals surface area contributed by atoms with Crippen LogP contribution in [0, 0.1) is 0 Å². The molecule has 0 aliphatic heterocycles. The van der Waals surface area contributed by atoms with Crippen molar-refractivity contribution in [1.82, 2.24) is 10.2 Å². The summed E-state index contributed by atoms with van der Waals surface area (Å²) in [5.41, 5.74) is 1.22. The molecular weight excluding hydrogens is 418 g/mol. The van der Waals surface area contributed by atoms with E-state index in [-0.39, 0.29) is 22.4 Å². The van der Waals surface area contributed by atoms with Gasteiger partial charge in [-0.1, -0.05) is 23.4 Å². The average molecular weight is 434 g/mol. The lowest BCUT2D eigenvalue weighted by Gasteiger charge is -2.11. The van der Waals surface area contributed by atoms with E-state index in [1.54, 1.807) is 36.4 Å². The maximum Gasteiger partial charge on any atom is 0.340 e. The summed E-state index contributed by atoms with van der Waals surface area (Å²) < 4.78 is 15.4. The Labute approximate surface area is 175 Å². The number of hydrogen-bond donors (Lipinski definition) is 1. The zero-order valence-corrected chi connectivity index (χ0v) is 17.0. The summed E-state index contributed by atoms with van der Waals surface area (Å²) in [6.45, 7) is 0. The number of nitrogens with zero attached hydrogens (tertiary/aromatic N) is 2. The topological polar surface area (TPSA) is 104 Å². The molecule has 0 aliphatic rings. The molecule has 8 nitrogen and oxygen atoms in total. The molecule has 0 fully saturated rings. The van der Waals surface area contributed by atoms with Gasteiger partial charge in [-0.25, -0.2) is 4.79 Å². The minimum absolute atomic E-state index is 0.00882. The SMILES string of the molecule is COC(=O)c1cc(OC)ccc1NC(=O)CSc1nnc(-c2ccc(Cl)cc2)o1. The van der Waals surface area contributed by atoms with Gasteiger partial charge in [0.15, 0.2) is 0 Å². The molecule has 3 aromatic rings. The van der Waals surface area contributed by atoms with E-state index in [0.717, 1.165) is 17.3 Å². The van der Waals surface area contributed by atoms with Gasteiger partial charge in [0, 0.05) is 10.6 Å². The van der Waals surface area contributed by atoms with E-state index in [4.69, 9.17) is 25.5 Å². The molecule has 0 aliphatic carbocycles. The number of hydrogen-bond acceptors (Lipinski definition) is 8. The van der Waals surface area contributed by atoms with Gasteiger partial charge in [0.1, 0.15) is 5.75 Å². The fraction of sp³-hybridized carbons (Fsp3) is 0.158. The highest BCUT2D eigenvalue weighted by atomic mass is 35.5. The van der Waals surface area contributed by atoms with Gasteiger partial charge in [0.25, 0.3) is 5.22 Å². The quantitative estimate of drug-likeness (QED) is 0.441. The predicted octanol–water partition coefficient (Wildman–Crippen LogP) is 3.92. The number of carbonyl (C=O) groups is 2. The molecular formula is C19H16ClN3O5S. The lowest BCUT2D eigenvalue weighted by molar-refractivity contribution is -0.113. The Bertz CT molecular complexity index is 1020. The molecule has 0 saturated heterocycles. The summed E-state index contributed by atoms with van der Waals surface area (Å²) >= 11 is 6.94. The third-order valence-electron chi connectivity index (χ3n) is 3.73. The zero-order chi connectivity index (χ0) is 20.8. The van der Waals surface area contributed by atoms with Gasteiger partial charge in [-0.05, 0) is 42.5 Å². The fourth-order valence-electron chi connectivity index (χ4n) is 2.33. The van der Waals surface area contributed by atoms with Crippen LogP contribution >= 0.6 is 23.4 Å². The van der Waals surface area contributed by atoms with Crippen LogP contribution in [0.4, 0.5) is 5.69 Å². The van der Waals surface area contributed by atoms with Crippen molar-refractivity contribution in [2.75, 3.05) is 25.3 Å². The predicted molar refractivity (Wildman–Crippen MR) is 108 cm³/mol. The number of aromatic nitrogens is 2. The molecule has 29 heavy (non-hydrogen) atoms. The first-order chi connectivity index (χ1) is 14.0. The van der Waals surface area contributed by atoms with Crippen molar-refractivity contribution in [1.29, 1.82) is 0 Å². The first-order valence-electron chi connectivity index (χ1n) is 8.28. The second kappa shape index (κ2) is 9.44. The fourth-order valence-corrected chi connectivity index (χ4v) is 3.02. The Balaban J connectivity index is 1.63. The second-order valence-corrected chi connectivity index (χ2v) is 6.98. The molecule has 1 N–H and O–H groups in total. The highest BCUT2D eigenvalue weighted by Crippen LogP contribution is 2.26. The maximum absolute atomic E-state index is 12.3. The van der Waals surface area contributed by atoms with Crippen molar-refractivity contribution in [2.45, 2.75) is 5.22 Å². The van der Waals surface area contributed by atoms with Crippen LogP contribution in [-0.2, 0) is 9.53 Å². The summed E-state index contributed by atoms with van der Waals surface area (Å²) in [4.78, 5) is 24.2. The summed E-state index contributed by atoms with van der Waals surface area (Å²) in [6.07, 6.45) is 0. The Hall–Kier alpha value is -3.04. The van der Waals surface area contributed by atoms with Crippen LogP contribution in [-0.4, -0.2) is 42.0 Å². The molecule has 1 amide bonds. The lowest BCUT2D eigenvalue weighted by Crippen LogP contribution is -2.17. The van der Waals surface area contributed by atoms with E-state index in [9.17, 15) is 9.59 Å². The van der Waals surface area contributed by atoms with E-state index in [1.165, 1.54) is 20.3 Å². The van der Waals surface area contributed by atoms with E-state index >= 15 is 0 Å². The largest absolute Gasteiger partial charge is 0.497 e. The molecule has 0 spiro atoms. The molecule has 0 saturated carbocycles. The van der Waals surface area contributed by atoms with Crippen LogP contribution in [0.2, 0.25) is 5.02 Å². The summed E-state index contributed by atoms with van der Waals surface area (Å²) in [6, 6.07) is 11.6. The third-order valence-corrected chi connectivity index (χ3v) is 4.80. The van der Waals surface area contributed by atoms with Crippen molar-refractivity contribution >= 4 is 40.9 Å². The molecule has 0 radical (unpaired) electrons. The monoisotopic (exact) mass is 433 g/mol. The summed E-state index contributed by atoms with van der Waals surface area (Å²) in [7, 11) is 2.74. The number of methoxy groups -OCH3 is 2. The van der Waals surface area contributed by atoms with Gasteiger partial charge in [-0.2, -0.15) is 0 Å². The maximum atomic E-state index is 12.3. The number of carbonyl (C=O) groups excluding carboxylic acids is 2. The van der Waals surface area contributed by atoms with Crippen molar-refractivity contribution in [2.24, 2.45) is 0 Å². The van der Waals surface area contributed by atoms with Crippen LogP contribution < -0.4 is 10.1 Å². The lowest BCUT2D eigenvalue weighted by atomic mass is 10.1. The van der Waals surface area contributed by atoms with Crippen LogP contribution in [0.1, 0.15) is 10.4 Å². The number of halogens is 1. The molecule has 0 bridgehead atoms. The first-order valence-corrected chi connectivity index (χ1v) is 9.65. The van der Waals surface area contributed by atoms with Crippen LogP contribution in [0.5, 0.6) is 5.75 Å². The number of rotatable bonds is 7. The van der Waals surface area contributed by atoms with E-state index in [1.807, 2.05) is 0 Å². The van der Waals surface area contributed by atoms with Crippen molar-refractivity contribution in [3.05, 3.63) is 53.1 Å². The summed E-state index contributed by atoms with van der Waals surface area (Å²) in [5, 5.41) is 11.4. The molecule has 3 rings (SSSR count). The number of amides is 1. The van der Waals surface area contributed by atoms with E-state index in [0.29, 0.717) is 22.4 Å². The standard InChI is InChI=1S/C19H16ClN3O5S/c1-26-13-7-8-15(14(9-13)18(25)27-2)21-16(24)10-29-19-23-22-17(28-19)11-3-5-12(20)6-4-11/h3-9H,10H2,1-2H3,(H,21,24). The van der Waals surface area contributed by atoms with Gasteiger partial charge in [-0.15, -0.1) is 10.2 Å². The molecule has 0 unspecified atom stereocenters. The molecule has 2 aromatic carbocycles. The number of esters is 1. The Morgan fingerprint density at radius 1 is 1.14 bits per heavy atom. The van der Waals surface area contributed by atoms with Gasteiger partial charge in [-0.3, -0.25) is 4.79 Å². The van der Waals surface area contributed by atoms with Crippen molar-refractivity contribution in [3.63, 3.8) is 0 Å². The van der Waals surface area contributed by atoms with Gasteiger partial charge in [0.05, 0.1) is 31.2 Å². The molecule has 1 heterocycles. The zero-order valence-electron chi connectivity index (χ0n) is 15.5. The molecule has 10 heteroatoms. The third kappa shape index (κ3) is 5.27. The minimum atomic E-state index is -0.587. The number of nitrogens with one attached hydrogen (secondary N) is 1. The van der Waals surface area contributed by atoms with Crippen molar-refractivity contribution < 1.29 is 23.5 Å². The average Bonchev–Trinajstić information content (AvgIpc) is 3.21. The van der Waals surface area contributed by atoms with E-state index < -0.39 is 5.97 Å². The van der Waals surface area contributed by atoms with Gasteiger partial charge in [0.2, 0.25) is 11.8 Å². The summed E-state index contributed by atoms with van der Waals surface area (Å²) in [5.74, 6) is -0.131. The molecule has 1 aromatic heterocycles. The minimum Gasteiger partial charge on any atom is -0.497 e. The van der Waals surface area contributed by atoms with Crippen LogP contribution in [0.3, 0.4) is 0 Å². The number of benzene rings is 2. The van der Waals surface area contributed by atoms with Crippen LogP contribution in [0.25, 0.3) is 11.5 Å². The Morgan fingerprint density at radius 3 is 2.59 bits per heavy atom. The first kappa shape index (κ1) is 20.7. The number of thioether (sulfide) groups is 1. The van der Waals surface area contributed by atoms with Gasteiger partial charge >= 0.3 is 5.97 Å². The van der Waals surface area contributed by atoms with Gasteiger partial charge < -0.3 is 19.2 Å². The second-order valence-electron chi connectivity index (χ2n) is 5.62. The Morgan fingerprint density at radius 2 is 1.90 bits per heavy atom. The van der Waals surface area contributed by atoms with Crippen LogP contribution in [0.15, 0.2) is 52.1 Å². The normalized spacial score (nSPS) is 10.4. The smallest absolute Gasteiger partial charge is 0.340 e.